The molecular formula is C49H52N4O11S. The number of carbonyl (C=O) groups is 3. The number of amides is 1. The molecule has 3 fully saturated rings. The van der Waals surface area contributed by atoms with Gasteiger partial charge in [0.2, 0.25) is 6.79 Å². The van der Waals surface area contributed by atoms with E-state index in [9.17, 15) is 24.8 Å². The largest absolute Gasteiger partial charge is 0.493 e. The van der Waals surface area contributed by atoms with Gasteiger partial charge < -0.3 is 43.6 Å². The maximum absolute atomic E-state index is 14.6. The van der Waals surface area contributed by atoms with Gasteiger partial charge >= 0.3 is 12.1 Å². The molecule has 0 aromatic heterocycles. The number of carbonyl (C=O) groups excluding carboxylic acids is 3. The minimum absolute atomic E-state index is 0.0549. The minimum Gasteiger partial charge on any atom is -0.493 e. The molecule has 65 heavy (non-hydrogen) atoms. The standard InChI is InChI=1S/C49H52N4O11S/c1-7-16-60-48(56)51-34(23-65-22-33-31-14-10-8-12-29(31)30-13-9-11-15-32(30)33)47(55)61-21-38-40-45-43(63-25-64-45)27(3)46(54)49(40,57)19-36-41-39-28(18-35(52(41)4)37(20-50)53(36)38)17-26(2)42(59-6)44(39)62-24-58-5/h7-15,17,33-38,41,57H,1,16,18-19,21-25H2,2-6H3,(H,51,56)/t34-,35+,36?,37+,38+,41-,49?/m1/s1. The second-order valence-corrected chi connectivity index (χ2v) is 18.2. The Hall–Kier alpha value is -5.83. The Labute approximate surface area is 381 Å². The topological polar surface area (TPSA) is 178 Å². The Morgan fingerprint density at radius 3 is 2.45 bits per heavy atom. The predicted octanol–water partition coefficient (Wildman–Crippen LogP) is 5.45. The number of hydrogen-bond donors (Lipinski definition) is 2. The lowest BCUT2D eigenvalue weighted by Gasteiger charge is -2.62. The molecule has 1 amide bonds. The van der Waals surface area contributed by atoms with Crippen LogP contribution in [0.5, 0.6) is 11.5 Å². The van der Waals surface area contributed by atoms with Crippen molar-refractivity contribution < 1.29 is 52.6 Å². The van der Waals surface area contributed by atoms with Crippen LogP contribution in [0.1, 0.15) is 53.1 Å². The fourth-order valence-corrected chi connectivity index (χ4v) is 12.2. The zero-order valence-electron chi connectivity index (χ0n) is 37.0. The summed E-state index contributed by atoms with van der Waals surface area (Å²) in [5.74, 6) is 0.825. The van der Waals surface area contributed by atoms with Crippen LogP contribution in [0.25, 0.3) is 11.1 Å². The highest BCUT2D eigenvalue weighted by molar-refractivity contribution is 7.99. The summed E-state index contributed by atoms with van der Waals surface area (Å²) in [4.78, 5) is 46.2. The van der Waals surface area contributed by atoms with Gasteiger partial charge in [-0.1, -0.05) is 67.3 Å². The number of nitrogens with zero attached hydrogens (tertiary/aromatic N) is 3. The van der Waals surface area contributed by atoms with Gasteiger partial charge in [0.05, 0.1) is 25.3 Å². The van der Waals surface area contributed by atoms with Gasteiger partial charge in [0.1, 0.15) is 25.3 Å². The summed E-state index contributed by atoms with van der Waals surface area (Å²) in [6.45, 7) is 6.39. The second kappa shape index (κ2) is 17.9. The number of Topliss-reactive ketones (excluding diaryl/α,β-unsaturated/α-hetero) is 1. The van der Waals surface area contributed by atoms with Gasteiger partial charge in [0, 0.05) is 59.7 Å². The van der Waals surface area contributed by atoms with Crippen molar-refractivity contribution in [3.8, 4) is 28.7 Å². The third kappa shape index (κ3) is 7.34. The molecule has 2 N–H and O–H groups in total. The smallest absolute Gasteiger partial charge is 0.408 e. The number of rotatable bonds is 14. The number of methoxy groups -OCH3 is 2. The molecule has 0 radical (unpaired) electrons. The number of hydrogen-bond acceptors (Lipinski definition) is 15. The van der Waals surface area contributed by atoms with Crippen molar-refractivity contribution in [1.29, 1.82) is 5.26 Å². The van der Waals surface area contributed by atoms with E-state index in [1.807, 2.05) is 49.2 Å². The molecule has 3 aromatic carbocycles. The number of thioether (sulfide) groups is 1. The van der Waals surface area contributed by atoms with E-state index in [4.69, 9.17) is 33.2 Å². The number of aliphatic hydroxyl groups is 1. The Kier molecular flexibility index (Phi) is 12.2. The number of ketones is 1. The molecule has 9 rings (SSSR count). The lowest BCUT2D eigenvalue weighted by atomic mass is 9.65. The van der Waals surface area contributed by atoms with E-state index in [0.29, 0.717) is 23.7 Å². The Morgan fingerprint density at radius 2 is 1.77 bits per heavy atom. The van der Waals surface area contributed by atoms with Crippen molar-refractivity contribution in [2.75, 3.05) is 59.6 Å². The number of piperazine rings is 1. The summed E-state index contributed by atoms with van der Waals surface area (Å²) in [5.41, 5.74) is 5.51. The number of piperidine rings is 1. The van der Waals surface area contributed by atoms with Gasteiger partial charge in [-0.2, -0.15) is 17.0 Å². The van der Waals surface area contributed by atoms with E-state index in [2.05, 4.69) is 47.1 Å². The van der Waals surface area contributed by atoms with Crippen LogP contribution >= 0.6 is 11.8 Å². The van der Waals surface area contributed by atoms with Gasteiger partial charge in [-0.05, 0) is 60.7 Å². The number of fused-ring (bicyclic) bond motifs is 11. The number of benzene rings is 3. The van der Waals surface area contributed by atoms with E-state index in [0.717, 1.165) is 16.7 Å². The lowest BCUT2D eigenvalue weighted by molar-refractivity contribution is -0.159. The van der Waals surface area contributed by atoms with Gasteiger partial charge in [-0.15, -0.1) is 0 Å². The molecule has 4 aliphatic heterocycles. The zero-order chi connectivity index (χ0) is 45.7. The van der Waals surface area contributed by atoms with Crippen LogP contribution in [0.4, 0.5) is 4.79 Å². The first kappa shape index (κ1) is 44.4. The average Bonchev–Trinajstić information content (AvgIpc) is 3.92. The highest BCUT2D eigenvalue weighted by Gasteiger charge is 2.64. The summed E-state index contributed by atoms with van der Waals surface area (Å²) < 4.78 is 40.9. The molecule has 7 atom stereocenters. The van der Waals surface area contributed by atoms with Crippen LogP contribution < -0.4 is 14.8 Å². The fraction of sp³-hybridized carbons (Fsp3) is 0.429. The fourth-order valence-electron chi connectivity index (χ4n) is 11.0. The maximum Gasteiger partial charge on any atom is 0.408 e. The van der Waals surface area contributed by atoms with Crippen LogP contribution in [0.3, 0.4) is 0 Å². The molecule has 4 heterocycles. The lowest BCUT2D eigenvalue weighted by Crippen LogP contribution is -2.74. The van der Waals surface area contributed by atoms with Crippen LogP contribution in [-0.4, -0.2) is 128 Å². The van der Waals surface area contributed by atoms with E-state index in [1.54, 1.807) is 14.0 Å². The first-order valence-electron chi connectivity index (χ1n) is 21.6. The summed E-state index contributed by atoms with van der Waals surface area (Å²) in [7, 11) is 5.03. The molecule has 16 heteroatoms. The summed E-state index contributed by atoms with van der Waals surface area (Å²) in [6.07, 6.45) is 0.921. The van der Waals surface area contributed by atoms with Crippen LogP contribution in [0.15, 0.2) is 89.9 Å². The van der Waals surface area contributed by atoms with Crippen molar-refractivity contribution in [3.63, 3.8) is 0 Å². The van der Waals surface area contributed by atoms with Crippen LogP contribution in [0, 0.1) is 18.3 Å². The predicted molar refractivity (Wildman–Crippen MR) is 239 cm³/mol. The van der Waals surface area contributed by atoms with Crippen molar-refractivity contribution >= 4 is 29.6 Å². The minimum atomic E-state index is -2.14. The molecule has 3 aromatic rings. The molecular weight excluding hydrogens is 853 g/mol. The number of esters is 1. The Bertz CT molecular complexity index is 2510. The molecule has 2 bridgehead atoms. The summed E-state index contributed by atoms with van der Waals surface area (Å²) in [6, 6.07) is 16.5. The second-order valence-electron chi connectivity index (χ2n) is 17.1. The number of nitrogens with one attached hydrogen (secondary N) is 1. The third-order valence-corrected chi connectivity index (χ3v) is 14.8. The molecule has 6 aliphatic rings. The number of aryl methyl sites for hydroxylation is 1. The molecule has 0 saturated carbocycles. The molecule has 340 valence electrons. The van der Waals surface area contributed by atoms with Gasteiger partial charge in [0.15, 0.2) is 41.2 Å². The number of alkyl carbamates (subject to hydrolysis) is 1. The summed E-state index contributed by atoms with van der Waals surface area (Å²) in [5, 5.41) is 26.8. The number of likely N-dealkylation sites (N-methyl/N-ethyl adjacent to an activating group) is 1. The van der Waals surface area contributed by atoms with Crippen molar-refractivity contribution in [3.05, 3.63) is 118 Å². The third-order valence-electron chi connectivity index (χ3n) is 13.7. The number of ether oxygens (including phenoxy) is 7. The van der Waals surface area contributed by atoms with Crippen LogP contribution in [-0.2, 0) is 39.7 Å². The van der Waals surface area contributed by atoms with Crippen molar-refractivity contribution in [2.45, 2.75) is 74.5 Å². The quantitative estimate of drug-likeness (QED) is 0.119. The molecule has 2 aliphatic carbocycles. The van der Waals surface area contributed by atoms with E-state index < -0.39 is 60.3 Å². The SMILES string of the molecule is C=CCOC(=O)N[C@H](CSCC1c2ccccc2-c2ccccc21)C(=O)OC[C@H]1C2=C3OCOC3=C(C)C(=O)C2(O)CC2[C@@H]3c4c(cc(C)c(OC)c4OCOC)C[C@@H]([C@H](C#N)N21)N3C. The molecule has 15 nitrogen and oxygen atoms in total. The first-order valence-corrected chi connectivity index (χ1v) is 22.8. The molecule has 2 unspecified atom stereocenters. The number of nitriles is 1. The highest BCUT2D eigenvalue weighted by Crippen LogP contribution is 2.57. The zero-order valence-corrected chi connectivity index (χ0v) is 37.8. The van der Waals surface area contributed by atoms with Crippen molar-refractivity contribution in [1.82, 2.24) is 15.1 Å². The van der Waals surface area contributed by atoms with Gasteiger partial charge in [-0.3, -0.25) is 14.6 Å². The van der Waals surface area contributed by atoms with Crippen LogP contribution in [0.2, 0.25) is 0 Å². The highest BCUT2D eigenvalue weighted by atomic mass is 32.2. The maximum atomic E-state index is 14.6. The van der Waals surface area contributed by atoms with E-state index in [-0.39, 0.29) is 67.0 Å². The average molecular weight is 905 g/mol. The normalized spacial score (nSPS) is 25.6. The summed E-state index contributed by atoms with van der Waals surface area (Å²) >= 11 is 1.49. The Morgan fingerprint density at radius 1 is 1.06 bits per heavy atom. The molecule has 0 spiro atoms. The van der Waals surface area contributed by atoms with Gasteiger partial charge in [-0.25, -0.2) is 9.59 Å². The van der Waals surface area contributed by atoms with E-state index in [1.165, 1.54) is 47.2 Å². The monoisotopic (exact) mass is 904 g/mol. The van der Waals surface area contributed by atoms with E-state index >= 15 is 0 Å². The molecule has 3 saturated heterocycles. The Balaban J connectivity index is 1.07. The first-order chi connectivity index (χ1) is 31.5. The van der Waals surface area contributed by atoms with Gasteiger partial charge in [0.25, 0.3) is 0 Å². The van der Waals surface area contributed by atoms with Crippen molar-refractivity contribution in [2.24, 2.45) is 0 Å².